The van der Waals surface area contributed by atoms with E-state index in [0.717, 1.165) is 23.2 Å². The first-order valence-electron chi connectivity index (χ1n) is 12.7. The number of halogens is 1. The Morgan fingerprint density at radius 1 is 0.878 bits per heavy atom. The molecule has 0 saturated carbocycles. The summed E-state index contributed by atoms with van der Waals surface area (Å²) in [7, 11) is 4.93. The first kappa shape index (κ1) is 32.3. The van der Waals surface area contributed by atoms with Crippen LogP contribution in [0.1, 0.15) is 22.3 Å². The summed E-state index contributed by atoms with van der Waals surface area (Å²) in [5.41, 5.74) is 1.88. The van der Waals surface area contributed by atoms with Crippen molar-refractivity contribution >= 4 is 55.0 Å². The van der Waals surface area contributed by atoms with Crippen LogP contribution in [0.3, 0.4) is 0 Å². The van der Waals surface area contributed by atoms with Crippen molar-refractivity contribution in [2.45, 2.75) is 17.9 Å². The lowest BCUT2D eigenvalue weighted by Crippen LogP contribution is -2.33. The summed E-state index contributed by atoms with van der Waals surface area (Å²) >= 11 is 1.35. The molecule has 12 heteroatoms. The summed E-state index contributed by atoms with van der Waals surface area (Å²) in [6.07, 6.45) is 0.722. The Hall–Kier alpha value is -3.22. The van der Waals surface area contributed by atoms with Gasteiger partial charge in [-0.25, -0.2) is 13.4 Å². The van der Waals surface area contributed by atoms with Crippen LogP contribution in [0, 0.1) is 0 Å². The van der Waals surface area contributed by atoms with Crippen molar-refractivity contribution in [2.75, 3.05) is 53.4 Å². The van der Waals surface area contributed by atoms with Gasteiger partial charge in [-0.15, -0.1) is 12.4 Å². The molecule has 0 bridgehead atoms. The fraction of sp³-hybridized carbons (Fsp3) is 0.310. The molecular weight excluding hydrogens is 584 g/mol. The third-order valence-corrected chi connectivity index (χ3v) is 9.33. The summed E-state index contributed by atoms with van der Waals surface area (Å²) in [4.78, 5) is 22.4. The molecule has 0 aliphatic heterocycles. The topological polar surface area (TPSA) is 92.3 Å². The van der Waals surface area contributed by atoms with Crippen LogP contribution >= 0.6 is 23.7 Å². The molecule has 1 aromatic heterocycles. The van der Waals surface area contributed by atoms with Crippen LogP contribution < -0.4 is 14.4 Å². The fourth-order valence-corrected chi connectivity index (χ4v) is 6.51. The Morgan fingerprint density at radius 3 is 2.12 bits per heavy atom. The largest absolute Gasteiger partial charge is 0.495 e. The first-order valence-corrected chi connectivity index (χ1v) is 15.0. The second-order valence-corrected chi connectivity index (χ2v) is 12.6. The number of fused-ring (bicyclic) bond motifs is 1. The zero-order valence-electron chi connectivity index (χ0n) is 23.7. The number of carbonyl (C=O) groups is 1. The number of ether oxygens (including phenoxy) is 2. The predicted octanol–water partition coefficient (Wildman–Crippen LogP) is 5.15. The minimum Gasteiger partial charge on any atom is -0.495 e. The van der Waals surface area contributed by atoms with E-state index >= 15 is 0 Å². The van der Waals surface area contributed by atoms with E-state index in [-0.39, 0.29) is 29.8 Å². The summed E-state index contributed by atoms with van der Waals surface area (Å²) in [5, 5.41) is 0.515. The molecule has 1 heterocycles. The molecule has 0 spiro atoms. The smallest absolute Gasteiger partial charge is 0.260 e. The number of anilines is 1. The molecule has 0 aliphatic rings. The van der Waals surface area contributed by atoms with Gasteiger partial charge in [0.1, 0.15) is 21.7 Å². The minimum absolute atomic E-state index is 0. The molecular formula is C29H35ClN4O5S2. The van der Waals surface area contributed by atoms with E-state index in [1.165, 1.54) is 27.8 Å². The van der Waals surface area contributed by atoms with E-state index in [1.807, 2.05) is 50.5 Å². The Morgan fingerprint density at radius 2 is 1.51 bits per heavy atom. The van der Waals surface area contributed by atoms with Crippen molar-refractivity contribution in [3.8, 4) is 11.5 Å². The number of carbonyl (C=O) groups excluding carboxylic acids is 1. The van der Waals surface area contributed by atoms with Gasteiger partial charge in [0.15, 0.2) is 5.13 Å². The van der Waals surface area contributed by atoms with Gasteiger partial charge in [-0.2, -0.15) is 4.31 Å². The van der Waals surface area contributed by atoms with Crippen molar-refractivity contribution in [1.82, 2.24) is 14.2 Å². The molecule has 3 aromatic carbocycles. The molecule has 0 N–H and O–H groups in total. The van der Waals surface area contributed by atoms with E-state index in [9.17, 15) is 13.2 Å². The van der Waals surface area contributed by atoms with Gasteiger partial charge >= 0.3 is 0 Å². The lowest BCUT2D eigenvalue weighted by molar-refractivity contribution is 0.0986. The van der Waals surface area contributed by atoms with Gasteiger partial charge in [0.2, 0.25) is 10.0 Å². The maximum Gasteiger partial charge on any atom is 0.260 e. The Kier molecular flexibility index (Phi) is 11.1. The number of methoxy groups -OCH3 is 2. The van der Waals surface area contributed by atoms with Crippen molar-refractivity contribution in [3.63, 3.8) is 0 Å². The molecule has 0 saturated heterocycles. The normalized spacial score (nSPS) is 11.5. The van der Waals surface area contributed by atoms with Crippen LogP contribution in [-0.4, -0.2) is 77.0 Å². The second kappa shape index (κ2) is 14.1. The van der Waals surface area contributed by atoms with Gasteiger partial charge in [0.05, 0.1) is 19.1 Å². The number of thiazole rings is 1. The van der Waals surface area contributed by atoms with E-state index in [1.54, 1.807) is 44.4 Å². The van der Waals surface area contributed by atoms with Crippen LogP contribution in [0.5, 0.6) is 11.5 Å². The van der Waals surface area contributed by atoms with E-state index in [2.05, 4.69) is 4.90 Å². The highest BCUT2D eigenvalue weighted by atomic mass is 35.5. The standard InChI is InChI=1S/C29H34N4O5S2.ClH/c1-31(2)18-9-19-33(29-30-26-24(37-4)16-17-25(38-5)27(26)39-29)28(34)22-12-14-23(15-13-22)40(35,36)32(3)20-21-10-7-6-8-11-21;/h6-8,10-17H,9,18-20H2,1-5H3;1H. The van der Waals surface area contributed by atoms with Gasteiger partial charge < -0.3 is 14.4 Å². The summed E-state index contributed by atoms with van der Waals surface area (Å²) in [5.74, 6) is 0.972. The maximum atomic E-state index is 13.8. The van der Waals surface area contributed by atoms with Crippen LogP contribution in [0.15, 0.2) is 71.6 Å². The van der Waals surface area contributed by atoms with Gasteiger partial charge in [-0.1, -0.05) is 41.7 Å². The summed E-state index contributed by atoms with van der Waals surface area (Å²) < 4.78 is 39.5. The average Bonchev–Trinajstić information content (AvgIpc) is 3.40. The molecule has 0 atom stereocenters. The molecule has 220 valence electrons. The van der Waals surface area contributed by atoms with Crippen LogP contribution in [0.4, 0.5) is 5.13 Å². The lowest BCUT2D eigenvalue weighted by Gasteiger charge is -2.21. The number of aromatic nitrogens is 1. The summed E-state index contributed by atoms with van der Waals surface area (Å²) in [6, 6.07) is 19.1. The van der Waals surface area contributed by atoms with Crippen LogP contribution in [-0.2, 0) is 16.6 Å². The first-order chi connectivity index (χ1) is 19.1. The molecule has 4 rings (SSSR count). The molecule has 0 unspecified atom stereocenters. The van der Waals surface area contributed by atoms with Gasteiger partial charge in [0.25, 0.3) is 5.91 Å². The van der Waals surface area contributed by atoms with E-state index in [4.69, 9.17) is 14.5 Å². The van der Waals surface area contributed by atoms with Gasteiger partial charge in [0, 0.05) is 25.7 Å². The lowest BCUT2D eigenvalue weighted by atomic mass is 10.2. The molecule has 41 heavy (non-hydrogen) atoms. The van der Waals surface area contributed by atoms with Crippen molar-refractivity contribution in [2.24, 2.45) is 0 Å². The quantitative estimate of drug-likeness (QED) is 0.217. The van der Waals surface area contributed by atoms with E-state index < -0.39 is 10.0 Å². The highest BCUT2D eigenvalue weighted by Gasteiger charge is 2.25. The Balaban J connectivity index is 0.00000462. The Labute approximate surface area is 251 Å². The van der Waals surface area contributed by atoms with E-state index in [0.29, 0.717) is 34.3 Å². The van der Waals surface area contributed by atoms with Crippen LogP contribution in [0.25, 0.3) is 10.2 Å². The van der Waals surface area contributed by atoms with Gasteiger partial charge in [-0.05, 0) is 69.0 Å². The molecule has 4 aromatic rings. The zero-order valence-corrected chi connectivity index (χ0v) is 26.2. The van der Waals surface area contributed by atoms with Gasteiger partial charge in [-0.3, -0.25) is 9.69 Å². The Bertz CT molecular complexity index is 1520. The van der Waals surface area contributed by atoms with Crippen molar-refractivity contribution in [3.05, 3.63) is 77.9 Å². The number of hydrogen-bond acceptors (Lipinski definition) is 8. The predicted molar refractivity (Wildman–Crippen MR) is 166 cm³/mol. The summed E-state index contributed by atoms with van der Waals surface area (Å²) in [6.45, 7) is 1.46. The second-order valence-electron chi connectivity index (χ2n) is 9.53. The number of hydrogen-bond donors (Lipinski definition) is 0. The maximum absolute atomic E-state index is 13.8. The highest BCUT2D eigenvalue weighted by molar-refractivity contribution is 7.89. The molecule has 1 amide bonds. The van der Waals surface area contributed by atoms with Crippen molar-refractivity contribution < 1.29 is 22.7 Å². The van der Waals surface area contributed by atoms with Crippen molar-refractivity contribution in [1.29, 1.82) is 0 Å². The third-order valence-electron chi connectivity index (χ3n) is 6.42. The SMILES string of the molecule is COc1ccc(OC)c2sc(N(CCCN(C)C)C(=O)c3ccc(S(=O)(=O)N(C)Cc4ccccc4)cc3)nc12.Cl. The number of benzene rings is 3. The zero-order chi connectivity index (χ0) is 28.9. The molecule has 9 nitrogen and oxygen atoms in total. The molecule has 0 aliphatic carbocycles. The monoisotopic (exact) mass is 618 g/mol. The number of rotatable bonds is 12. The number of amides is 1. The highest BCUT2D eigenvalue weighted by Crippen LogP contribution is 2.40. The third kappa shape index (κ3) is 7.35. The van der Waals surface area contributed by atoms with Crippen LogP contribution in [0.2, 0.25) is 0 Å². The molecule has 0 radical (unpaired) electrons. The number of nitrogens with zero attached hydrogens (tertiary/aromatic N) is 4. The average molecular weight is 619 g/mol. The number of sulfonamides is 1. The molecule has 0 fully saturated rings. The fourth-order valence-electron chi connectivity index (χ4n) is 4.25. The minimum atomic E-state index is -3.74.